The highest BCUT2D eigenvalue weighted by Crippen LogP contribution is 2.33. The van der Waals surface area contributed by atoms with Crippen LogP contribution in [0.25, 0.3) is 21.5 Å². The van der Waals surface area contributed by atoms with Crippen molar-refractivity contribution in [3.63, 3.8) is 0 Å². The van der Waals surface area contributed by atoms with E-state index in [1.165, 1.54) is 0 Å². The first kappa shape index (κ1) is 27.4. The van der Waals surface area contributed by atoms with Gasteiger partial charge in [0, 0.05) is 10.8 Å². The largest absolute Gasteiger partial charge is 0.457 e. The molecule has 6 aromatic rings. The fourth-order valence-corrected chi connectivity index (χ4v) is 4.72. The topological polar surface area (TPSA) is 85.9 Å². The first-order chi connectivity index (χ1) is 21.1. The Bertz CT molecular complexity index is 1750. The minimum atomic E-state index is -0.542. The number of anilines is 2. The molecular formula is C36H28N2O5. The van der Waals surface area contributed by atoms with Gasteiger partial charge in [0.05, 0.1) is 11.4 Å². The van der Waals surface area contributed by atoms with Crippen LogP contribution in [0.15, 0.2) is 133 Å². The van der Waals surface area contributed by atoms with Crippen LogP contribution in [0.4, 0.5) is 21.0 Å². The second kappa shape index (κ2) is 12.8. The molecule has 212 valence electrons. The number of hydrogen-bond donors (Lipinski definition) is 2. The summed E-state index contributed by atoms with van der Waals surface area (Å²) in [6, 6.07) is 41.7. The summed E-state index contributed by atoms with van der Waals surface area (Å²) in [6.45, 7) is 0.352. The third kappa shape index (κ3) is 6.92. The molecule has 0 spiro atoms. The third-order valence-electron chi connectivity index (χ3n) is 6.84. The van der Waals surface area contributed by atoms with Gasteiger partial charge in [-0.3, -0.25) is 10.6 Å². The normalized spacial score (nSPS) is 10.7. The quantitative estimate of drug-likeness (QED) is 0.191. The molecule has 0 saturated carbocycles. The Morgan fingerprint density at radius 2 is 0.930 bits per heavy atom. The average molecular weight is 569 g/mol. The standard InChI is InChI=1S/C36H28N2O5/c39-35(41-23-25-9-3-1-4-10-25)37-33-15-7-13-27-17-19-29(21-31(27)33)43-30-20-18-28-14-8-16-34(32(28)22-30)38-36(40)42-24-26-11-5-2-6-12-26/h1-22H,23-24H2,(H,37,39)(H,38,40). The van der Waals surface area contributed by atoms with Crippen LogP contribution in [-0.4, -0.2) is 12.2 Å². The zero-order valence-corrected chi connectivity index (χ0v) is 23.2. The van der Waals surface area contributed by atoms with Crippen LogP contribution in [0.3, 0.4) is 0 Å². The SMILES string of the molecule is O=C(Nc1cccc2ccc(Oc3ccc4cccc(NC(=O)OCc5ccccc5)c4c3)cc12)OCc1ccccc1. The van der Waals surface area contributed by atoms with Crippen LogP contribution < -0.4 is 15.4 Å². The number of fused-ring (bicyclic) bond motifs is 2. The summed E-state index contributed by atoms with van der Waals surface area (Å²) >= 11 is 0. The second-order valence-electron chi connectivity index (χ2n) is 9.85. The predicted octanol–water partition coefficient (Wildman–Crippen LogP) is 9.28. The Balaban J connectivity index is 1.17. The van der Waals surface area contributed by atoms with E-state index in [0.717, 1.165) is 32.7 Å². The van der Waals surface area contributed by atoms with Crippen LogP contribution in [0.5, 0.6) is 11.5 Å². The number of carbonyl (C=O) groups excluding carboxylic acids is 2. The van der Waals surface area contributed by atoms with E-state index < -0.39 is 12.2 Å². The van der Waals surface area contributed by atoms with Gasteiger partial charge < -0.3 is 14.2 Å². The van der Waals surface area contributed by atoms with E-state index in [0.29, 0.717) is 22.9 Å². The van der Waals surface area contributed by atoms with E-state index in [1.807, 2.05) is 133 Å². The summed E-state index contributed by atoms with van der Waals surface area (Å²) in [4.78, 5) is 25.1. The number of rotatable bonds is 8. The van der Waals surface area contributed by atoms with Crippen molar-refractivity contribution in [1.29, 1.82) is 0 Å². The number of carbonyl (C=O) groups is 2. The second-order valence-corrected chi connectivity index (χ2v) is 9.85. The third-order valence-corrected chi connectivity index (χ3v) is 6.84. The van der Waals surface area contributed by atoms with Gasteiger partial charge >= 0.3 is 12.2 Å². The first-order valence-electron chi connectivity index (χ1n) is 13.8. The van der Waals surface area contributed by atoms with Gasteiger partial charge in [0.25, 0.3) is 0 Å². The molecule has 6 aromatic carbocycles. The lowest BCUT2D eigenvalue weighted by Crippen LogP contribution is -2.13. The number of amides is 2. The van der Waals surface area contributed by atoms with Crippen molar-refractivity contribution in [2.75, 3.05) is 10.6 Å². The minimum absolute atomic E-state index is 0.176. The summed E-state index contributed by atoms with van der Waals surface area (Å²) in [6.07, 6.45) is -1.08. The smallest absolute Gasteiger partial charge is 0.411 e. The van der Waals surface area contributed by atoms with Gasteiger partial charge in [-0.05, 0) is 58.3 Å². The minimum Gasteiger partial charge on any atom is -0.457 e. The molecule has 0 aliphatic rings. The Morgan fingerprint density at radius 1 is 0.488 bits per heavy atom. The zero-order chi connectivity index (χ0) is 29.4. The van der Waals surface area contributed by atoms with Crippen molar-refractivity contribution < 1.29 is 23.8 Å². The molecule has 0 fully saturated rings. The van der Waals surface area contributed by atoms with Gasteiger partial charge in [-0.2, -0.15) is 0 Å². The van der Waals surface area contributed by atoms with Gasteiger partial charge in [0.15, 0.2) is 0 Å². The van der Waals surface area contributed by atoms with E-state index in [4.69, 9.17) is 14.2 Å². The molecule has 0 unspecified atom stereocenters. The molecule has 2 N–H and O–H groups in total. The molecule has 0 aliphatic carbocycles. The van der Waals surface area contributed by atoms with Crippen LogP contribution in [0, 0.1) is 0 Å². The van der Waals surface area contributed by atoms with Crippen molar-refractivity contribution in [2.24, 2.45) is 0 Å². The maximum absolute atomic E-state index is 12.5. The molecule has 43 heavy (non-hydrogen) atoms. The molecule has 6 rings (SSSR count). The van der Waals surface area contributed by atoms with Crippen molar-refractivity contribution in [3.05, 3.63) is 145 Å². The lowest BCUT2D eigenvalue weighted by molar-refractivity contribution is 0.154. The Labute approximate surface area is 248 Å². The van der Waals surface area contributed by atoms with Gasteiger partial charge in [-0.15, -0.1) is 0 Å². The number of benzene rings is 6. The molecular weight excluding hydrogens is 540 g/mol. The van der Waals surface area contributed by atoms with E-state index >= 15 is 0 Å². The fraction of sp³-hybridized carbons (Fsp3) is 0.0556. The number of nitrogens with one attached hydrogen (secondary N) is 2. The lowest BCUT2D eigenvalue weighted by Gasteiger charge is -2.13. The van der Waals surface area contributed by atoms with Crippen molar-refractivity contribution in [3.8, 4) is 11.5 Å². The van der Waals surface area contributed by atoms with Crippen molar-refractivity contribution >= 4 is 45.1 Å². The lowest BCUT2D eigenvalue weighted by atomic mass is 10.1. The fourth-order valence-electron chi connectivity index (χ4n) is 4.72. The van der Waals surface area contributed by atoms with Crippen molar-refractivity contribution in [1.82, 2.24) is 0 Å². The van der Waals surface area contributed by atoms with Gasteiger partial charge in [0.2, 0.25) is 0 Å². The molecule has 0 saturated heterocycles. The number of ether oxygens (including phenoxy) is 3. The summed E-state index contributed by atoms with van der Waals surface area (Å²) < 4.78 is 17.0. The van der Waals surface area contributed by atoms with E-state index in [1.54, 1.807) is 0 Å². The molecule has 0 heterocycles. The van der Waals surface area contributed by atoms with E-state index in [9.17, 15) is 9.59 Å². The summed E-state index contributed by atoms with van der Waals surface area (Å²) in [5.41, 5.74) is 3.04. The monoisotopic (exact) mass is 568 g/mol. The predicted molar refractivity (Wildman–Crippen MR) is 168 cm³/mol. The summed E-state index contributed by atoms with van der Waals surface area (Å²) in [7, 11) is 0. The Hall–Kier alpha value is -5.82. The highest BCUT2D eigenvalue weighted by atomic mass is 16.6. The molecule has 0 aliphatic heterocycles. The molecule has 0 radical (unpaired) electrons. The summed E-state index contributed by atoms with van der Waals surface area (Å²) in [5.74, 6) is 1.18. The Morgan fingerprint density at radius 3 is 1.37 bits per heavy atom. The average Bonchev–Trinajstić information content (AvgIpc) is 3.04. The first-order valence-corrected chi connectivity index (χ1v) is 13.8. The van der Waals surface area contributed by atoms with Gasteiger partial charge in [0.1, 0.15) is 24.7 Å². The molecule has 0 bridgehead atoms. The van der Waals surface area contributed by atoms with E-state index in [2.05, 4.69) is 10.6 Å². The number of hydrogen-bond acceptors (Lipinski definition) is 5. The summed E-state index contributed by atoms with van der Waals surface area (Å²) in [5, 5.41) is 9.18. The Kier molecular flexibility index (Phi) is 8.13. The van der Waals surface area contributed by atoms with E-state index in [-0.39, 0.29) is 13.2 Å². The van der Waals surface area contributed by atoms with Crippen molar-refractivity contribution in [2.45, 2.75) is 13.2 Å². The highest BCUT2D eigenvalue weighted by Gasteiger charge is 2.11. The van der Waals surface area contributed by atoms with Crippen LogP contribution in [-0.2, 0) is 22.7 Å². The van der Waals surface area contributed by atoms with Gasteiger partial charge in [-0.1, -0.05) is 97.1 Å². The maximum Gasteiger partial charge on any atom is 0.411 e. The molecule has 0 atom stereocenters. The van der Waals surface area contributed by atoms with Gasteiger partial charge in [-0.25, -0.2) is 9.59 Å². The van der Waals surface area contributed by atoms with Crippen LogP contribution in [0.2, 0.25) is 0 Å². The zero-order valence-electron chi connectivity index (χ0n) is 23.2. The molecule has 7 heteroatoms. The highest BCUT2D eigenvalue weighted by molar-refractivity contribution is 6.02. The van der Waals surface area contributed by atoms with Crippen LogP contribution in [0.1, 0.15) is 11.1 Å². The molecule has 2 amide bonds. The molecule has 0 aromatic heterocycles. The maximum atomic E-state index is 12.5. The van der Waals surface area contributed by atoms with Crippen LogP contribution >= 0.6 is 0 Å². The molecule has 7 nitrogen and oxygen atoms in total.